The highest BCUT2D eigenvalue weighted by Gasteiger charge is 2.39. The Morgan fingerprint density at radius 3 is 1.24 bits per heavy atom. The van der Waals surface area contributed by atoms with Crippen LogP contribution in [0.15, 0.2) is 231 Å². The summed E-state index contributed by atoms with van der Waals surface area (Å²) in [5.74, 6) is 0. The van der Waals surface area contributed by atoms with Crippen LogP contribution in [-0.2, 0) is 0 Å². The van der Waals surface area contributed by atoms with E-state index in [9.17, 15) is 0 Å². The van der Waals surface area contributed by atoms with Crippen LogP contribution in [0.1, 0.15) is 0 Å². The molecule has 0 spiro atoms. The van der Waals surface area contributed by atoms with Crippen LogP contribution >= 0.6 is 8.22 Å². The summed E-state index contributed by atoms with van der Waals surface area (Å²) in [6.07, 6.45) is 0. The quantitative estimate of drug-likeness (QED) is 0.150. The van der Waals surface area contributed by atoms with Gasteiger partial charge >= 0.3 is 0 Å². The number of para-hydroxylation sites is 2. The van der Waals surface area contributed by atoms with E-state index < -0.39 is 8.22 Å². The van der Waals surface area contributed by atoms with Gasteiger partial charge in [0.25, 0.3) is 0 Å². The van der Waals surface area contributed by atoms with Gasteiger partial charge in [-0.1, -0.05) is 158 Å². The molecule has 1 atom stereocenters. The fourth-order valence-electron chi connectivity index (χ4n) is 8.52. The maximum absolute atomic E-state index is 2.56. The minimum absolute atomic E-state index is 0.980. The Morgan fingerprint density at radius 2 is 0.690 bits per heavy atom. The highest BCUT2D eigenvalue weighted by molar-refractivity contribution is 7.70. The Balaban J connectivity index is 1.08. The van der Waals surface area contributed by atoms with Gasteiger partial charge in [-0.2, -0.15) is 0 Å². The van der Waals surface area contributed by atoms with E-state index in [4.69, 9.17) is 0 Å². The van der Waals surface area contributed by atoms with Gasteiger partial charge in [0, 0.05) is 33.1 Å². The van der Waals surface area contributed by atoms with E-state index in [-0.39, 0.29) is 0 Å². The zero-order valence-electron chi connectivity index (χ0n) is 31.7. The number of hydrogen-bond acceptors (Lipinski definition) is 2. The van der Waals surface area contributed by atoms with Crippen LogP contribution in [0.3, 0.4) is 0 Å². The van der Waals surface area contributed by atoms with Crippen molar-refractivity contribution in [3.8, 4) is 39.1 Å². The van der Waals surface area contributed by atoms with Crippen molar-refractivity contribution in [2.75, 3.05) is 9.34 Å². The third-order valence-corrected chi connectivity index (χ3v) is 13.6. The molecule has 0 fully saturated rings. The number of benzene rings is 9. The van der Waals surface area contributed by atoms with Crippen LogP contribution in [0.2, 0.25) is 0 Å². The van der Waals surface area contributed by atoms with E-state index >= 15 is 0 Å². The van der Waals surface area contributed by atoms with Gasteiger partial charge in [-0.05, 0) is 106 Å². The first-order valence-electron chi connectivity index (χ1n) is 19.8. The molecule has 1 aliphatic heterocycles. The van der Waals surface area contributed by atoms with Gasteiger partial charge in [0.2, 0.25) is 0 Å². The van der Waals surface area contributed by atoms with Gasteiger partial charge in [-0.15, -0.1) is 0 Å². The number of anilines is 4. The molecule has 0 amide bonds. The standard InChI is InChI=1S/C54H38N3P/c1-6-17-39(18-7-1)42-29-32-51-49(36-42)50-37-43(40-19-8-2-9-20-40)30-33-52(50)55(51)47-26-16-21-41(35-47)44-31-34-53-54(38-44)57(46-24-12-4-13-25-46)58(48-27-14-5-15-28-48)56(53)45-22-10-3-11-23-45/h1-38H. The molecule has 2 heterocycles. The normalized spacial score (nSPS) is 13.6. The molecule has 0 bridgehead atoms. The summed E-state index contributed by atoms with van der Waals surface area (Å²) in [5.41, 5.74) is 15.5. The molecule has 4 heteroatoms. The van der Waals surface area contributed by atoms with Crippen LogP contribution in [-0.4, -0.2) is 4.57 Å². The van der Waals surface area contributed by atoms with E-state index in [0.29, 0.717) is 0 Å². The molecule has 0 radical (unpaired) electrons. The van der Waals surface area contributed by atoms with Crippen molar-refractivity contribution in [2.45, 2.75) is 0 Å². The van der Waals surface area contributed by atoms with E-state index in [2.05, 4.69) is 244 Å². The van der Waals surface area contributed by atoms with Crippen molar-refractivity contribution in [3.05, 3.63) is 231 Å². The molecule has 11 rings (SSSR count). The van der Waals surface area contributed by atoms with E-state index in [1.54, 1.807) is 0 Å². The van der Waals surface area contributed by atoms with Gasteiger partial charge in [0.1, 0.15) is 8.22 Å². The topological polar surface area (TPSA) is 11.4 Å². The number of rotatable bonds is 7. The first-order valence-corrected chi connectivity index (χ1v) is 21.0. The fourth-order valence-corrected chi connectivity index (χ4v) is 11.0. The molecule has 1 aliphatic rings. The zero-order valence-corrected chi connectivity index (χ0v) is 32.6. The number of fused-ring (bicyclic) bond motifs is 4. The minimum Gasteiger partial charge on any atom is -0.309 e. The smallest absolute Gasteiger partial charge is 0.138 e. The molecule has 0 N–H and O–H groups in total. The molecule has 0 saturated carbocycles. The monoisotopic (exact) mass is 759 g/mol. The van der Waals surface area contributed by atoms with Crippen molar-refractivity contribution >= 4 is 58.1 Å². The average Bonchev–Trinajstić information content (AvgIpc) is 3.83. The molecular formula is C54H38N3P. The summed E-state index contributed by atoms with van der Waals surface area (Å²) in [7, 11) is -0.980. The van der Waals surface area contributed by atoms with Gasteiger partial charge < -0.3 is 4.57 Å². The maximum atomic E-state index is 2.56. The lowest BCUT2D eigenvalue weighted by Gasteiger charge is -2.32. The predicted molar refractivity (Wildman–Crippen MR) is 247 cm³/mol. The van der Waals surface area contributed by atoms with Gasteiger partial charge in [-0.3, -0.25) is 9.34 Å². The Kier molecular flexibility index (Phi) is 8.46. The molecule has 10 aromatic rings. The average molecular weight is 760 g/mol. The molecule has 58 heavy (non-hydrogen) atoms. The maximum Gasteiger partial charge on any atom is 0.138 e. The number of nitrogens with zero attached hydrogens (tertiary/aromatic N) is 3. The first kappa shape index (κ1) is 34.1. The highest BCUT2D eigenvalue weighted by atomic mass is 31.1. The second-order valence-electron chi connectivity index (χ2n) is 14.7. The first-order chi connectivity index (χ1) is 28.8. The molecule has 9 aromatic carbocycles. The predicted octanol–water partition coefficient (Wildman–Crippen LogP) is 14.7. The van der Waals surface area contributed by atoms with Crippen molar-refractivity contribution in [1.29, 1.82) is 0 Å². The largest absolute Gasteiger partial charge is 0.309 e. The summed E-state index contributed by atoms with van der Waals surface area (Å²) in [6, 6.07) is 83.9. The third kappa shape index (κ3) is 5.87. The van der Waals surface area contributed by atoms with Gasteiger partial charge in [0.05, 0.1) is 22.4 Å². The molecule has 1 unspecified atom stereocenters. The summed E-state index contributed by atoms with van der Waals surface area (Å²) in [6.45, 7) is 0. The third-order valence-electron chi connectivity index (χ3n) is 11.2. The lowest BCUT2D eigenvalue weighted by molar-refractivity contribution is 1.18. The fraction of sp³-hybridized carbons (Fsp3) is 0. The molecule has 274 valence electrons. The zero-order chi connectivity index (χ0) is 38.4. The van der Waals surface area contributed by atoms with Gasteiger partial charge in [0.15, 0.2) is 0 Å². The Bertz CT molecular complexity index is 2960. The van der Waals surface area contributed by atoms with Gasteiger partial charge in [-0.25, -0.2) is 0 Å². The molecule has 3 nitrogen and oxygen atoms in total. The molecule has 1 aromatic heterocycles. The summed E-state index contributed by atoms with van der Waals surface area (Å²) < 4.78 is 7.54. The number of hydrogen-bond donors (Lipinski definition) is 0. The van der Waals surface area contributed by atoms with Crippen molar-refractivity contribution < 1.29 is 0 Å². The van der Waals surface area contributed by atoms with Crippen molar-refractivity contribution in [1.82, 2.24) is 4.57 Å². The number of aromatic nitrogens is 1. The Labute approximate surface area is 340 Å². The molecular weight excluding hydrogens is 722 g/mol. The summed E-state index contributed by atoms with van der Waals surface area (Å²) >= 11 is 0. The van der Waals surface area contributed by atoms with Crippen molar-refractivity contribution in [2.24, 2.45) is 0 Å². The summed E-state index contributed by atoms with van der Waals surface area (Å²) in [5, 5.41) is 3.78. The molecule has 0 saturated heterocycles. The van der Waals surface area contributed by atoms with Crippen LogP contribution in [0, 0.1) is 0 Å². The highest BCUT2D eigenvalue weighted by Crippen LogP contribution is 2.65. The van der Waals surface area contributed by atoms with E-state index in [1.807, 2.05) is 0 Å². The van der Waals surface area contributed by atoms with Crippen LogP contribution in [0.5, 0.6) is 0 Å². The Hall–Kier alpha value is -7.19. The SMILES string of the molecule is c1ccc(-c2ccc3c(c2)c2cc(-c4ccccc4)ccc2n3-c2cccc(-c3ccc4c(c3)N(c3ccccc3)P(c3ccccc3)N4c3ccccc3)c2)cc1. The van der Waals surface area contributed by atoms with Crippen molar-refractivity contribution in [3.63, 3.8) is 0 Å². The van der Waals surface area contributed by atoms with Crippen LogP contribution < -0.4 is 14.6 Å². The second-order valence-corrected chi connectivity index (χ2v) is 16.6. The lowest BCUT2D eigenvalue weighted by Crippen LogP contribution is -2.21. The van der Waals surface area contributed by atoms with E-state index in [0.717, 1.165) is 5.69 Å². The Morgan fingerprint density at radius 1 is 0.276 bits per heavy atom. The lowest BCUT2D eigenvalue weighted by atomic mass is 10.0. The van der Waals surface area contributed by atoms with Crippen LogP contribution in [0.4, 0.5) is 22.7 Å². The molecule has 0 aliphatic carbocycles. The minimum atomic E-state index is -0.980. The van der Waals surface area contributed by atoms with Crippen LogP contribution in [0.25, 0.3) is 60.9 Å². The van der Waals surface area contributed by atoms with E-state index in [1.165, 1.54) is 83.2 Å². The second kappa shape index (κ2) is 14.4. The summed E-state index contributed by atoms with van der Waals surface area (Å²) in [4.78, 5) is 0.